The zero-order valence-corrected chi connectivity index (χ0v) is 11.8. The highest BCUT2D eigenvalue weighted by Crippen LogP contribution is 2.19. The third-order valence-corrected chi connectivity index (χ3v) is 3.57. The van der Waals surface area contributed by atoms with Gasteiger partial charge in [0.15, 0.2) is 0 Å². The number of anilines is 1. The van der Waals surface area contributed by atoms with E-state index in [1.165, 1.54) is 0 Å². The molecule has 19 heavy (non-hydrogen) atoms. The Morgan fingerprint density at radius 1 is 1.68 bits per heavy atom. The molecule has 6 nitrogen and oxygen atoms in total. The van der Waals surface area contributed by atoms with E-state index in [-0.39, 0.29) is 18.1 Å². The highest BCUT2D eigenvalue weighted by Gasteiger charge is 2.26. The largest absolute Gasteiger partial charge is 0.395 e. The summed E-state index contributed by atoms with van der Waals surface area (Å²) in [4.78, 5) is 12.3. The van der Waals surface area contributed by atoms with Crippen LogP contribution in [0.2, 0.25) is 0 Å². The van der Waals surface area contributed by atoms with E-state index in [4.69, 9.17) is 10.5 Å². The van der Waals surface area contributed by atoms with Crippen LogP contribution in [-0.2, 0) is 11.3 Å². The van der Waals surface area contributed by atoms with Gasteiger partial charge in [-0.15, -0.1) is 0 Å². The molecule has 1 aliphatic rings. The van der Waals surface area contributed by atoms with Crippen LogP contribution in [0.3, 0.4) is 0 Å². The molecule has 1 amide bonds. The fraction of sp³-hybridized carbons (Fsp3) is 0.692. The number of hydrogen-bond donors (Lipinski definition) is 2. The molecule has 1 fully saturated rings. The lowest BCUT2D eigenvalue weighted by Gasteiger charge is -2.20. The van der Waals surface area contributed by atoms with E-state index in [2.05, 4.69) is 10.4 Å². The second kappa shape index (κ2) is 5.61. The second-order valence-electron chi connectivity index (χ2n) is 4.98. The summed E-state index contributed by atoms with van der Waals surface area (Å²) in [7, 11) is 0. The summed E-state index contributed by atoms with van der Waals surface area (Å²) in [6, 6.07) is -0.0186. The van der Waals surface area contributed by atoms with Gasteiger partial charge >= 0.3 is 0 Å². The van der Waals surface area contributed by atoms with Gasteiger partial charge in [0, 0.05) is 13.2 Å². The molecule has 1 aliphatic heterocycles. The average molecular weight is 266 g/mol. The number of nitrogen functional groups attached to an aromatic ring is 1. The molecule has 1 aromatic heterocycles. The Morgan fingerprint density at radius 3 is 3.00 bits per heavy atom. The number of aryl methyl sites for hydroxylation is 2. The predicted octanol–water partition coefficient (Wildman–Crippen LogP) is 1.09. The molecule has 2 rings (SSSR count). The van der Waals surface area contributed by atoms with Crippen LogP contribution in [0.25, 0.3) is 0 Å². The maximum absolute atomic E-state index is 12.3. The van der Waals surface area contributed by atoms with Crippen molar-refractivity contribution < 1.29 is 9.53 Å². The lowest BCUT2D eigenvalue weighted by atomic mass is 10.1. The van der Waals surface area contributed by atoms with Gasteiger partial charge in [-0.3, -0.25) is 9.48 Å². The van der Waals surface area contributed by atoms with Gasteiger partial charge in [0.05, 0.1) is 23.5 Å². The van der Waals surface area contributed by atoms with Crippen LogP contribution >= 0.6 is 0 Å². The molecule has 1 aromatic rings. The molecule has 0 radical (unpaired) electrons. The summed E-state index contributed by atoms with van der Waals surface area (Å²) >= 11 is 0. The van der Waals surface area contributed by atoms with Crippen LogP contribution in [0, 0.1) is 6.92 Å². The number of nitrogens with zero attached hydrogens (tertiary/aromatic N) is 2. The smallest absolute Gasteiger partial charge is 0.272 e. The van der Waals surface area contributed by atoms with Gasteiger partial charge in [-0.05, 0) is 33.6 Å². The van der Waals surface area contributed by atoms with E-state index < -0.39 is 0 Å². The summed E-state index contributed by atoms with van der Waals surface area (Å²) in [5.41, 5.74) is 7.53. The van der Waals surface area contributed by atoms with E-state index >= 15 is 0 Å². The number of ether oxygens (including phenoxy) is 1. The highest BCUT2D eigenvalue weighted by molar-refractivity contribution is 5.98. The van der Waals surface area contributed by atoms with Crippen LogP contribution in [0.4, 0.5) is 5.69 Å². The lowest BCUT2D eigenvalue weighted by molar-refractivity contribution is 0.0707. The first kappa shape index (κ1) is 13.9. The minimum atomic E-state index is -0.178. The fourth-order valence-corrected chi connectivity index (χ4v) is 2.43. The van der Waals surface area contributed by atoms with Gasteiger partial charge in [0.25, 0.3) is 5.91 Å². The van der Waals surface area contributed by atoms with Crippen molar-refractivity contribution in [3.8, 4) is 0 Å². The minimum absolute atomic E-state index is 0.0186. The highest BCUT2D eigenvalue weighted by atomic mass is 16.5. The molecule has 106 valence electrons. The van der Waals surface area contributed by atoms with Crippen LogP contribution < -0.4 is 11.1 Å². The van der Waals surface area contributed by atoms with Crippen LogP contribution in [0.15, 0.2) is 0 Å². The average Bonchev–Trinajstić information content (AvgIpc) is 2.98. The molecule has 2 unspecified atom stereocenters. The summed E-state index contributed by atoms with van der Waals surface area (Å²) in [5, 5.41) is 7.22. The first-order chi connectivity index (χ1) is 9.04. The van der Waals surface area contributed by atoms with Crippen molar-refractivity contribution in [1.29, 1.82) is 0 Å². The Hall–Kier alpha value is -1.56. The summed E-state index contributed by atoms with van der Waals surface area (Å²) < 4.78 is 7.22. The third kappa shape index (κ3) is 2.73. The van der Waals surface area contributed by atoms with Crippen LogP contribution in [0.1, 0.15) is 42.9 Å². The number of nitrogens with two attached hydrogens (primary N) is 1. The van der Waals surface area contributed by atoms with Crippen molar-refractivity contribution in [2.75, 3.05) is 12.3 Å². The Labute approximate surface area is 113 Å². The Morgan fingerprint density at radius 2 is 2.42 bits per heavy atom. The quantitative estimate of drug-likeness (QED) is 0.854. The third-order valence-electron chi connectivity index (χ3n) is 3.57. The molecule has 0 aliphatic carbocycles. The summed E-state index contributed by atoms with van der Waals surface area (Å²) in [6.45, 7) is 7.10. The van der Waals surface area contributed by atoms with Crippen molar-refractivity contribution in [3.63, 3.8) is 0 Å². The topological polar surface area (TPSA) is 82.2 Å². The number of amides is 1. The zero-order chi connectivity index (χ0) is 14.0. The zero-order valence-electron chi connectivity index (χ0n) is 11.8. The van der Waals surface area contributed by atoms with Gasteiger partial charge in [0.1, 0.15) is 5.69 Å². The van der Waals surface area contributed by atoms with Crippen molar-refractivity contribution in [3.05, 3.63) is 11.4 Å². The predicted molar refractivity (Wildman–Crippen MR) is 73.0 cm³/mol. The lowest BCUT2D eigenvalue weighted by Crippen LogP contribution is -2.41. The van der Waals surface area contributed by atoms with Gasteiger partial charge < -0.3 is 15.8 Å². The van der Waals surface area contributed by atoms with E-state index in [1.807, 2.05) is 20.8 Å². The molecular weight excluding hydrogens is 244 g/mol. The number of aromatic nitrogens is 2. The minimum Gasteiger partial charge on any atom is -0.395 e. The SMILES string of the molecule is CCn1nc(C)c(N)c1C(=O)NC(C)C1CCCO1. The maximum atomic E-state index is 12.3. The Kier molecular flexibility index (Phi) is 4.09. The van der Waals surface area contributed by atoms with Gasteiger partial charge in [-0.1, -0.05) is 0 Å². The number of hydrogen-bond acceptors (Lipinski definition) is 4. The first-order valence-electron chi connectivity index (χ1n) is 6.80. The van der Waals surface area contributed by atoms with Crippen molar-refractivity contribution in [1.82, 2.24) is 15.1 Å². The molecule has 6 heteroatoms. The normalized spacial score (nSPS) is 20.5. The Balaban J connectivity index is 2.11. The summed E-state index contributed by atoms with van der Waals surface area (Å²) in [6.07, 6.45) is 2.14. The van der Waals surface area contributed by atoms with Crippen molar-refractivity contribution in [2.45, 2.75) is 52.3 Å². The molecule has 0 saturated carbocycles. The second-order valence-corrected chi connectivity index (χ2v) is 4.98. The number of nitrogens with one attached hydrogen (secondary N) is 1. The van der Waals surface area contributed by atoms with E-state index in [1.54, 1.807) is 4.68 Å². The van der Waals surface area contributed by atoms with Crippen molar-refractivity contribution >= 4 is 11.6 Å². The molecule has 2 heterocycles. The Bertz CT molecular complexity index is 463. The molecular formula is C13H22N4O2. The molecule has 0 spiro atoms. The molecule has 0 bridgehead atoms. The molecule has 1 saturated heterocycles. The first-order valence-corrected chi connectivity index (χ1v) is 6.80. The molecule has 2 atom stereocenters. The number of rotatable bonds is 4. The summed E-state index contributed by atoms with van der Waals surface area (Å²) in [5.74, 6) is -0.178. The molecule has 3 N–H and O–H groups in total. The standard InChI is InChI=1S/C13H22N4O2/c1-4-17-12(11(14)9(3)16-17)13(18)15-8(2)10-6-5-7-19-10/h8,10H,4-7,14H2,1-3H3,(H,15,18). The number of carbonyl (C=O) groups excluding carboxylic acids is 1. The van der Waals surface area contributed by atoms with Crippen LogP contribution in [-0.4, -0.2) is 34.4 Å². The number of carbonyl (C=O) groups is 1. The van der Waals surface area contributed by atoms with E-state index in [9.17, 15) is 4.79 Å². The van der Waals surface area contributed by atoms with E-state index in [0.717, 1.165) is 19.4 Å². The maximum Gasteiger partial charge on any atom is 0.272 e. The van der Waals surface area contributed by atoms with Gasteiger partial charge in [-0.2, -0.15) is 5.10 Å². The van der Waals surface area contributed by atoms with Gasteiger partial charge in [0.2, 0.25) is 0 Å². The van der Waals surface area contributed by atoms with E-state index in [0.29, 0.717) is 23.6 Å². The van der Waals surface area contributed by atoms with Gasteiger partial charge in [-0.25, -0.2) is 0 Å². The monoisotopic (exact) mass is 266 g/mol. The fourth-order valence-electron chi connectivity index (χ4n) is 2.43. The van der Waals surface area contributed by atoms with Crippen molar-refractivity contribution in [2.24, 2.45) is 0 Å². The molecule has 0 aromatic carbocycles. The van der Waals surface area contributed by atoms with Crippen LogP contribution in [0.5, 0.6) is 0 Å².